The molecule has 4 heteroatoms. The van der Waals surface area contributed by atoms with E-state index >= 15 is 0 Å². The number of ketones is 1. The molecule has 1 aliphatic carbocycles. The third kappa shape index (κ3) is 7.60. The largest absolute Gasteiger partial charge is 0.469 e. The molecular formula is C19H30O4. The Hall–Kier alpha value is -1.42. The molecule has 0 radical (unpaired) electrons. The van der Waals surface area contributed by atoms with Crippen molar-refractivity contribution >= 4 is 11.8 Å². The van der Waals surface area contributed by atoms with Gasteiger partial charge in [0, 0.05) is 12.3 Å². The molecule has 0 aromatic carbocycles. The molecule has 0 amide bonds. The van der Waals surface area contributed by atoms with Crippen molar-refractivity contribution < 1.29 is 19.4 Å². The van der Waals surface area contributed by atoms with E-state index < -0.39 is 6.10 Å². The maximum absolute atomic E-state index is 11.9. The van der Waals surface area contributed by atoms with Crippen LogP contribution >= 0.6 is 0 Å². The van der Waals surface area contributed by atoms with Crippen LogP contribution in [0.25, 0.3) is 0 Å². The van der Waals surface area contributed by atoms with Gasteiger partial charge in [0.2, 0.25) is 0 Å². The van der Waals surface area contributed by atoms with E-state index in [4.69, 9.17) is 0 Å². The smallest absolute Gasteiger partial charge is 0.305 e. The number of aliphatic hydroxyl groups excluding tert-OH is 1. The van der Waals surface area contributed by atoms with Crippen molar-refractivity contribution in [2.45, 2.75) is 64.4 Å². The van der Waals surface area contributed by atoms with Gasteiger partial charge in [-0.2, -0.15) is 0 Å². The summed E-state index contributed by atoms with van der Waals surface area (Å²) in [5.41, 5.74) is 0. The molecule has 1 N–H and O–H groups in total. The summed E-state index contributed by atoms with van der Waals surface area (Å²) >= 11 is 0. The van der Waals surface area contributed by atoms with Crippen molar-refractivity contribution in [1.82, 2.24) is 0 Å². The zero-order chi connectivity index (χ0) is 17.1. The molecule has 130 valence electrons. The number of hydrogen-bond acceptors (Lipinski definition) is 4. The van der Waals surface area contributed by atoms with E-state index in [0.717, 1.165) is 38.5 Å². The number of carbonyl (C=O) groups is 2. The van der Waals surface area contributed by atoms with E-state index in [1.807, 2.05) is 19.1 Å². The van der Waals surface area contributed by atoms with Crippen molar-refractivity contribution in [3.8, 4) is 0 Å². The molecule has 1 aliphatic rings. The highest BCUT2D eigenvalue weighted by atomic mass is 16.5. The maximum atomic E-state index is 11.9. The predicted molar refractivity (Wildman–Crippen MR) is 90.9 cm³/mol. The molecule has 23 heavy (non-hydrogen) atoms. The van der Waals surface area contributed by atoms with Crippen LogP contribution in [0.15, 0.2) is 24.3 Å². The number of aliphatic hydroxyl groups is 1. The molecule has 0 aromatic rings. The molecule has 0 heterocycles. The predicted octanol–water partition coefficient (Wildman–Crippen LogP) is 3.59. The minimum absolute atomic E-state index is 0.0690. The lowest BCUT2D eigenvalue weighted by molar-refractivity contribution is -0.140. The summed E-state index contributed by atoms with van der Waals surface area (Å²) in [5, 5.41) is 9.87. The number of allylic oxidation sites excluding steroid dienone is 3. The molecule has 0 saturated carbocycles. The van der Waals surface area contributed by atoms with Gasteiger partial charge in [-0.3, -0.25) is 9.59 Å². The van der Waals surface area contributed by atoms with Gasteiger partial charge in [0.1, 0.15) is 0 Å². The van der Waals surface area contributed by atoms with Crippen LogP contribution in [-0.2, 0) is 14.3 Å². The second kappa shape index (κ2) is 11.2. The maximum Gasteiger partial charge on any atom is 0.305 e. The Morgan fingerprint density at radius 1 is 1.30 bits per heavy atom. The number of methoxy groups -OCH3 is 1. The Morgan fingerprint density at radius 3 is 2.70 bits per heavy atom. The summed E-state index contributed by atoms with van der Waals surface area (Å²) < 4.78 is 4.61. The Balaban J connectivity index is 2.19. The minimum Gasteiger partial charge on any atom is -0.469 e. The van der Waals surface area contributed by atoms with Gasteiger partial charge < -0.3 is 9.84 Å². The highest BCUT2D eigenvalue weighted by Gasteiger charge is 2.30. The molecule has 1 rings (SSSR count). The Morgan fingerprint density at radius 2 is 2.00 bits per heavy atom. The SMILES string of the molecule is CC=CC(O)CC1C(=O)C=CC1CCCCCCCC(=O)OC. The van der Waals surface area contributed by atoms with E-state index in [1.165, 1.54) is 7.11 Å². The third-order valence-corrected chi connectivity index (χ3v) is 4.45. The van der Waals surface area contributed by atoms with Crippen LogP contribution < -0.4 is 0 Å². The molecule has 3 unspecified atom stereocenters. The molecule has 4 nitrogen and oxygen atoms in total. The first-order valence-electron chi connectivity index (χ1n) is 8.68. The van der Waals surface area contributed by atoms with Gasteiger partial charge in [0.25, 0.3) is 0 Å². The first kappa shape index (κ1) is 19.6. The van der Waals surface area contributed by atoms with Crippen molar-refractivity contribution in [3.05, 3.63) is 24.3 Å². The third-order valence-electron chi connectivity index (χ3n) is 4.45. The van der Waals surface area contributed by atoms with E-state index in [1.54, 1.807) is 12.2 Å². The van der Waals surface area contributed by atoms with E-state index in [-0.39, 0.29) is 23.6 Å². The standard InChI is InChI=1S/C19H30O4/c1-3-9-16(20)14-17-15(12-13-18(17)21)10-7-5-4-6-8-11-19(22)23-2/h3,9,12-13,15-17,20H,4-8,10-11,14H2,1-2H3. The number of unbranched alkanes of at least 4 members (excludes halogenated alkanes) is 4. The van der Waals surface area contributed by atoms with Gasteiger partial charge in [-0.1, -0.05) is 43.9 Å². The van der Waals surface area contributed by atoms with Crippen molar-refractivity contribution in [2.75, 3.05) is 7.11 Å². The van der Waals surface area contributed by atoms with Gasteiger partial charge in [-0.15, -0.1) is 0 Å². The summed E-state index contributed by atoms with van der Waals surface area (Å²) in [5.74, 6) is 0.205. The van der Waals surface area contributed by atoms with E-state index in [0.29, 0.717) is 12.8 Å². The molecular weight excluding hydrogens is 292 g/mol. The lowest BCUT2D eigenvalue weighted by atomic mass is 9.85. The molecule has 0 fully saturated rings. The topological polar surface area (TPSA) is 63.6 Å². The molecule has 0 saturated heterocycles. The zero-order valence-corrected chi connectivity index (χ0v) is 14.4. The first-order chi connectivity index (χ1) is 11.1. The molecule has 0 aliphatic heterocycles. The highest BCUT2D eigenvalue weighted by molar-refractivity contribution is 5.94. The Bertz CT molecular complexity index is 425. The number of hydrogen-bond donors (Lipinski definition) is 1. The zero-order valence-electron chi connectivity index (χ0n) is 14.4. The highest BCUT2D eigenvalue weighted by Crippen LogP contribution is 2.31. The van der Waals surface area contributed by atoms with Crippen LogP contribution in [0.1, 0.15) is 58.3 Å². The molecule has 0 spiro atoms. The average molecular weight is 322 g/mol. The second-order valence-electron chi connectivity index (χ2n) is 6.24. The van der Waals surface area contributed by atoms with Crippen LogP contribution in [-0.4, -0.2) is 30.1 Å². The van der Waals surface area contributed by atoms with Gasteiger partial charge in [-0.25, -0.2) is 0 Å². The number of esters is 1. The van der Waals surface area contributed by atoms with Crippen LogP contribution in [0.5, 0.6) is 0 Å². The van der Waals surface area contributed by atoms with Gasteiger partial charge >= 0.3 is 5.97 Å². The van der Waals surface area contributed by atoms with E-state index in [9.17, 15) is 14.7 Å². The Labute approximate surface area is 139 Å². The number of ether oxygens (including phenoxy) is 1. The molecule has 3 atom stereocenters. The van der Waals surface area contributed by atoms with Crippen molar-refractivity contribution in [3.63, 3.8) is 0 Å². The molecule has 0 bridgehead atoms. The van der Waals surface area contributed by atoms with Crippen molar-refractivity contribution in [2.24, 2.45) is 11.8 Å². The van der Waals surface area contributed by atoms with Crippen molar-refractivity contribution in [1.29, 1.82) is 0 Å². The lowest BCUT2D eigenvalue weighted by Gasteiger charge is -2.19. The normalized spacial score (nSPS) is 22.0. The molecule has 0 aromatic heterocycles. The number of carbonyl (C=O) groups excluding carboxylic acids is 2. The first-order valence-corrected chi connectivity index (χ1v) is 8.68. The monoisotopic (exact) mass is 322 g/mol. The fourth-order valence-corrected chi connectivity index (χ4v) is 3.12. The van der Waals surface area contributed by atoms with Gasteiger partial charge in [0.15, 0.2) is 5.78 Å². The van der Waals surface area contributed by atoms with Crippen LogP contribution in [0.4, 0.5) is 0 Å². The summed E-state index contributed by atoms with van der Waals surface area (Å²) in [6, 6.07) is 0. The average Bonchev–Trinajstić information content (AvgIpc) is 2.87. The van der Waals surface area contributed by atoms with E-state index in [2.05, 4.69) is 4.74 Å². The lowest BCUT2D eigenvalue weighted by Crippen LogP contribution is -2.21. The summed E-state index contributed by atoms with van der Waals surface area (Å²) in [6.07, 6.45) is 13.9. The van der Waals surface area contributed by atoms with Gasteiger partial charge in [0.05, 0.1) is 13.2 Å². The fourth-order valence-electron chi connectivity index (χ4n) is 3.12. The second-order valence-corrected chi connectivity index (χ2v) is 6.24. The summed E-state index contributed by atoms with van der Waals surface area (Å²) in [7, 11) is 1.42. The minimum atomic E-state index is -0.533. The quantitative estimate of drug-likeness (QED) is 0.359. The van der Waals surface area contributed by atoms with Crippen LogP contribution in [0, 0.1) is 11.8 Å². The van der Waals surface area contributed by atoms with Crippen LogP contribution in [0.2, 0.25) is 0 Å². The summed E-state index contributed by atoms with van der Waals surface area (Å²) in [4.78, 5) is 22.9. The fraction of sp³-hybridized carbons (Fsp3) is 0.684. The Kier molecular flexibility index (Phi) is 9.53. The van der Waals surface area contributed by atoms with Crippen LogP contribution in [0.3, 0.4) is 0 Å². The summed E-state index contributed by atoms with van der Waals surface area (Å²) in [6.45, 7) is 1.87. The van der Waals surface area contributed by atoms with Gasteiger partial charge in [-0.05, 0) is 38.2 Å². The number of rotatable bonds is 11.